The van der Waals surface area contributed by atoms with Crippen molar-refractivity contribution < 1.29 is 14.7 Å². The Hall–Kier alpha value is -2.95. The molecule has 20 heavy (non-hydrogen) atoms. The van der Waals surface area contributed by atoms with Gasteiger partial charge in [-0.25, -0.2) is 9.50 Å². The van der Waals surface area contributed by atoms with E-state index in [9.17, 15) is 9.59 Å². The fourth-order valence-electron chi connectivity index (χ4n) is 1.74. The summed E-state index contributed by atoms with van der Waals surface area (Å²) in [5, 5.41) is 12.8. The largest absolute Gasteiger partial charge is 0.480 e. The van der Waals surface area contributed by atoms with Crippen LogP contribution < -0.4 is 0 Å². The van der Waals surface area contributed by atoms with Crippen LogP contribution in [0.2, 0.25) is 0 Å². The number of aryl methyl sites for hydroxylation is 1. The molecule has 0 spiro atoms. The molecule has 2 rings (SSSR count). The lowest BCUT2D eigenvalue weighted by Gasteiger charge is -2.18. The van der Waals surface area contributed by atoms with Crippen LogP contribution in [0.25, 0.3) is 5.78 Å². The monoisotopic (exact) mass is 273 g/mol. The van der Waals surface area contributed by atoms with Gasteiger partial charge in [0.2, 0.25) is 0 Å². The molecule has 0 aromatic carbocycles. The molecule has 2 aromatic heterocycles. The zero-order valence-electron chi connectivity index (χ0n) is 10.6. The highest BCUT2D eigenvalue weighted by atomic mass is 16.4. The Morgan fingerprint density at radius 3 is 2.90 bits per heavy atom. The minimum Gasteiger partial charge on any atom is -0.480 e. The smallest absolute Gasteiger partial charge is 0.323 e. The molecule has 0 aliphatic carbocycles. The molecule has 2 aromatic rings. The van der Waals surface area contributed by atoms with Crippen LogP contribution in [0, 0.1) is 19.3 Å². The Labute approximate surface area is 114 Å². The first-order valence-corrected chi connectivity index (χ1v) is 5.64. The first kappa shape index (κ1) is 13.5. The van der Waals surface area contributed by atoms with E-state index in [4.69, 9.17) is 11.5 Å². The number of hydrogen-bond acceptors (Lipinski definition) is 5. The number of carbonyl (C=O) groups is 2. The van der Waals surface area contributed by atoms with Crippen LogP contribution in [0.5, 0.6) is 0 Å². The van der Waals surface area contributed by atoms with Crippen LogP contribution in [-0.4, -0.2) is 54.6 Å². The van der Waals surface area contributed by atoms with Crippen LogP contribution in [0.4, 0.5) is 0 Å². The van der Waals surface area contributed by atoms with Gasteiger partial charge in [0.05, 0.1) is 17.8 Å². The normalized spacial score (nSPS) is 10.2. The van der Waals surface area contributed by atoms with E-state index in [0.29, 0.717) is 11.5 Å². The Kier molecular flexibility index (Phi) is 3.61. The van der Waals surface area contributed by atoms with Gasteiger partial charge in [-0.1, -0.05) is 5.92 Å². The number of carbonyl (C=O) groups excluding carboxylic acids is 1. The average Bonchev–Trinajstić information content (AvgIpc) is 2.87. The van der Waals surface area contributed by atoms with Crippen molar-refractivity contribution in [2.24, 2.45) is 0 Å². The van der Waals surface area contributed by atoms with E-state index in [-0.39, 0.29) is 12.1 Å². The van der Waals surface area contributed by atoms with Gasteiger partial charge >= 0.3 is 5.97 Å². The van der Waals surface area contributed by atoms with Crippen LogP contribution in [0.3, 0.4) is 0 Å². The third-order valence-electron chi connectivity index (χ3n) is 2.67. The van der Waals surface area contributed by atoms with Gasteiger partial charge < -0.3 is 10.0 Å². The van der Waals surface area contributed by atoms with E-state index in [1.54, 1.807) is 6.92 Å². The van der Waals surface area contributed by atoms with E-state index in [2.05, 4.69) is 21.0 Å². The lowest BCUT2D eigenvalue weighted by Crippen LogP contribution is -2.36. The van der Waals surface area contributed by atoms with Gasteiger partial charge in [-0.05, 0) is 6.92 Å². The highest BCUT2D eigenvalue weighted by molar-refractivity contribution is 5.96. The molecule has 0 saturated heterocycles. The SMILES string of the molecule is C#CCN(CC(=O)O)C(=O)c1cnc2ncnn2c1C. The summed E-state index contributed by atoms with van der Waals surface area (Å²) in [6, 6.07) is 0. The molecule has 0 aliphatic heterocycles. The van der Waals surface area contributed by atoms with Gasteiger partial charge in [0.25, 0.3) is 11.7 Å². The van der Waals surface area contributed by atoms with Crippen molar-refractivity contribution >= 4 is 17.7 Å². The highest BCUT2D eigenvalue weighted by Gasteiger charge is 2.21. The van der Waals surface area contributed by atoms with Crippen LogP contribution in [0.15, 0.2) is 12.5 Å². The maximum absolute atomic E-state index is 12.3. The summed E-state index contributed by atoms with van der Waals surface area (Å²) in [6.07, 6.45) is 7.81. The fourth-order valence-corrected chi connectivity index (χ4v) is 1.74. The van der Waals surface area contributed by atoms with Crippen molar-refractivity contribution in [2.45, 2.75) is 6.92 Å². The van der Waals surface area contributed by atoms with Crippen molar-refractivity contribution in [1.82, 2.24) is 24.5 Å². The molecule has 2 heterocycles. The molecule has 0 radical (unpaired) electrons. The summed E-state index contributed by atoms with van der Waals surface area (Å²) in [7, 11) is 0. The van der Waals surface area contributed by atoms with Crippen LogP contribution in [0.1, 0.15) is 16.1 Å². The first-order valence-electron chi connectivity index (χ1n) is 5.64. The summed E-state index contributed by atoms with van der Waals surface area (Å²) >= 11 is 0. The van der Waals surface area contributed by atoms with E-state index >= 15 is 0 Å². The number of carboxylic acid groups (broad SMARTS) is 1. The average molecular weight is 273 g/mol. The van der Waals surface area contributed by atoms with Gasteiger partial charge in [0.15, 0.2) is 0 Å². The molecule has 8 nitrogen and oxygen atoms in total. The maximum Gasteiger partial charge on any atom is 0.323 e. The van der Waals surface area contributed by atoms with E-state index in [1.807, 2.05) is 0 Å². The number of hydrogen-bond donors (Lipinski definition) is 1. The Morgan fingerprint density at radius 2 is 2.25 bits per heavy atom. The molecular weight excluding hydrogens is 262 g/mol. The number of nitrogens with zero attached hydrogens (tertiary/aromatic N) is 5. The molecule has 0 fully saturated rings. The minimum atomic E-state index is -1.14. The fraction of sp³-hybridized carbons (Fsp3) is 0.250. The Bertz CT molecular complexity index is 715. The molecule has 0 bridgehead atoms. The van der Waals surface area contributed by atoms with E-state index in [1.165, 1.54) is 17.0 Å². The highest BCUT2D eigenvalue weighted by Crippen LogP contribution is 2.10. The number of aromatic nitrogens is 4. The van der Waals surface area contributed by atoms with Gasteiger partial charge in [-0.15, -0.1) is 6.42 Å². The predicted octanol–water partition coefficient (Wildman–Crippen LogP) is -0.407. The van der Waals surface area contributed by atoms with Gasteiger partial charge in [0, 0.05) is 6.20 Å². The zero-order valence-corrected chi connectivity index (χ0v) is 10.6. The molecule has 0 atom stereocenters. The number of rotatable bonds is 4. The summed E-state index contributed by atoms with van der Waals surface area (Å²) in [5.74, 6) is 0.979. The quantitative estimate of drug-likeness (QED) is 0.760. The van der Waals surface area contributed by atoms with Crippen molar-refractivity contribution in [1.29, 1.82) is 0 Å². The maximum atomic E-state index is 12.3. The number of fused-ring (bicyclic) bond motifs is 1. The first-order chi connectivity index (χ1) is 9.54. The number of carboxylic acids is 1. The number of amides is 1. The number of terminal acetylenes is 1. The molecule has 1 amide bonds. The van der Waals surface area contributed by atoms with Crippen molar-refractivity contribution in [3.63, 3.8) is 0 Å². The van der Waals surface area contributed by atoms with Crippen LogP contribution >= 0.6 is 0 Å². The second-order valence-corrected chi connectivity index (χ2v) is 3.99. The summed E-state index contributed by atoms with van der Waals surface area (Å²) in [5.41, 5.74) is 0.754. The van der Waals surface area contributed by atoms with Crippen molar-refractivity contribution in [3.05, 3.63) is 23.8 Å². The topological polar surface area (TPSA) is 101 Å². The zero-order chi connectivity index (χ0) is 14.7. The lowest BCUT2D eigenvalue weighted by molar-refractivity contribution is -0.137. The minimum absolute atomic E-state index is 0.0973. The number of aliphatic carboxylic acids is 1. The standard InChI is InChI=1S/C12H11N5O3/c1-3-4-16(6-10(18)19)11(20)9-5-13-12-14-7-15-17(12)8(9)2/h1,5,7H,4,6H2,2H3,(H,18,19). The molecular formula is C12H11N5O3. The molecule has 8 heteroatoms. The Balaban J connectivity index is 2.40. The van der Waals surface area contributed by atoms with Crippen LogP contribution in [-0.2, 0) is 4.79 Å². The molecule has 0 aliphatic rings. The molecule has 0 saturated carbocycles. The third kappa shape index (κ3) is 2.42. The lowest BCUT2D eigenvalue weighted by atomic mass is 10.2. The third-order valence-corrected chi connectivity index (χ3v) is 2.67. The second-order valence-electron chi connectivity index (χ2n) is 3.99. The van der Waals surface area contributed by atoms with Crippen molar-refractivity contribution in [3.8, 4) is 12.3 Å². The molecule has 1 N–H and O–H groups in total. The predicted molar refractivity (Wildman–Crippen MR) is 67.9 cm³/mol. The van der Waals surface area contributed by atoms with Crippen molar-refractivity contribution in [2.75, 3.05) is 13.1 Å². The van der Waals surface area contributed by atoms with Gasteiger partial charge in [0.1, 0.15) is 12.9 Å². The van der Waals surface area contributed by atoms with Gasteiger partial charge in [-0.2, -0.15) is 10.1 Å². The summed E-state index contributed by atoms with van der Waals surface area (Å²) in [6.45, 7) is 1.10. The molecule has 0 unspecified atom stereocenters. The Morgan fingerprint density at radius 1 is 1.50 bits per heavy atom. The van der Waals surface area contributed by atoms with E-state index in [0.717, 1.165) is 4.90 Å². The second kappa shape index (κ2) is 5.36. The summed E-state index contributed by atoms with van der Waals surface area (Å²) < 4.78 is 1.40. The van der Waals surface area contributed by atoms with E-state index < -0.39 is 18.4 Å². The summed E-state index contributed by atoms with van der Waals surface area (Å²) in [4.78, 5) is 32.0. The van der Waals surface area contributed by atoms with Gasteiger partial charge in [-0.3, -0.25) is 9.59 Å². The molecule has 102 valence electrons.